The summed E-state index contributed by atoms with van der Waals surface area (Å²) in [5.41, 5.74) is -0.178. The third-order valence-electron chi connectivity index (χ3n) is 3.40. The molecule has 0 fully saturated rings. The highest BCUT2D eigenvalue weighted by Gasteiger charge is 2.39. The van der Waals surface area contributed by atoms with Gasteiger partial charge in [-0.1, -0.05) is 11.6 Å². The number of anilines is 1. The Morgan fingerprint density at radius 1 is 1.09 bits per heavy atom. The largest absolute Gasteiger partial charge is 0.270 e. The molecule has 2 amide bonds. The molecule has 0 bridgehead atoms. The number of hydrogen-bond acceptors (Lipinski definition) is 5. The van der Waals surface area contributed by atoms with E-state index in [9.17, 15) is 19.7 Å². The summed E-state index contributed by atoms with van der Waals surface area (Å²) in [6.45, 7) is 0. The fraction of sp³-hybridized carbons (Fsp3) is 0. The van der Waals surface area contributed by atoms with Gasteiger partial charge in [0.25, 0.3) is 17.5 Å². The Balaban J connectivity index is 2.16. The van der Waals surface area contributed by atoms with Gasteiger partial charge in [0.05, 0.1) is 27.3 Å². The first-order valence-electron chi connectivity index (χ1n) is 6.31. The van der Waals surface area contributed by atoms with Gasteiger partial charge in [0.1, 0.15) is 6.07 Å². The average molecular weight is 328 g/mol. The van der Waals surface area contributed by atoms with Crippen LogP contribution >= 0.6 is 11.6 Å². The van der Waals surface area contributed by atoms with Crippen LogP contribution in [0.4, 0.5) is 11.4 Å². The van der Waals surface area contributed by atoms with E-state index < -0.39 is 16.7 Å². The molecule has 0 N–H and O–H groups in total. The second-order valence-electron chi connectivity index (χ2n) is 4.71. The van der Waals surface area contributed by atoms with Crippen LogP contribution in [0.25, 0.3) is 0 Å². The monoisotopic (exact) mass is 327 g/mol. The highest BCUT2D eigenvalue weighted by Crippen LogP contribution is 2.33. The van der Waals surface area contributed by atoms with Crippen molar-refractivity contribution in [1.82, 2.24) is 0 Å². The number of nitriles is 1. The first kappa shape index (κ1) is 14.7. The topological polar surface area (TPSA) is 104 Å². The van der Waals surface area contributed by atoms with E-state index in [1.54, 1.807) is 0 Å². The number of halogens is 1. The first-order chi connectivity index (χ1) is 10.9. The molecule has 8 heteroatoms. The Morgan fingerprint density at radius 2 is 1.78 bits per heavy atom. The Hall–Kier alpha value is -3.24. The molecule has 1 aliphatic heterocycles. The fourth-order valence-corrected chi connectivity index (χ4v) is 2.51. The molecule has 2 aromatic rings. The van der Waals surface area contributed by atoms with Crippen LogP contribution in [0.1, 0.15) is 26.3 Å². The maximum absolute atomic E-state index is 12.5. The zero-order chi connectivity index (χ0) is 16.7. The predicted molar refractivity (Wildman–Crippen MR) is 80.4 cm³/mol. The minimum Gasteiger partial charge on any atom is -0.268 e. The molecule has 2 aromatic carbocycles. The SMILES string of the molecule is N#Cc1ccc(Cl)cc1N1C(=O)c2ccc([N+](=O)[O-])cc2C1=O. The van der Waals surface area contributed by atoms with Crippen molar-refractivity contribution < 1.29 is 14.5 Å². The fourth-order valence-electron chi connectivity index (χ4n) is 2.35. The van der Waals surface area contributed by atoms with Crippen molar-refractivity contribution in [2.24, 2.45) is 0 Å². The van der Waals surface area contributed by atoms with Crippen molar-refractivity contribution >= 4 is 34.8 Å². The summed E-state index contributed by atoms with van der Waals surface area (Å²) < 4.78 is 0. The summed E-state index contributed by atoms with van der Waals surface area (Å²) in [4.78, 5) is 35.9. The van der Waals surface area contributed by atoms with Gasteiger partial charge in [-0.25, -0.2) is 4.90 Å². The van der Waals surface area contributed by atoms with Crippen molar-refractivity contribution in [1.29, 1.82) is 5.26 Å². The van der Waals surface area contributed by atoms with Crippen molar-refractivity contribution in [3.8, 4) is 6.07 Å². The number of fused-ring (bicyclic) bond motifs is 1. The van der Waals surface area contributed by atoms with E-state index in [2.05, 4.69) is 0 Å². The van der Waals surface area contributed by atoms with Crippen molar-refractivity contribution in [3.05, 3.63) is 68.2 Å². The van der Waals surface area contributed by atoms with Crippen LogP contribution in [-0.2, 0) is 0 Å². The van der Waals surface area contributed by atoms with Gasteiger partial charge in [-0.3, -0.25) is 19.7 Å². The van der Waals surface area contributed by atoms with Gasteiger partial charge in [-0.2, -0.15) is 5.26 Å². The van der Waals surface area contributed by atoms with Gasteiger partial charge >= 0.3 is 0 Å². The molecule has 0 aromatic heterocycles. The number of non-ortho nitro benzene ring substituents is 1. The van der Waals surface area contributed by atoms with Gasteiger partial charge in [0.2, 0.25) is 0 Å². The number of nitrogens with zero attached hydrogens (tertiary/aromatic N) is 3. The van der Waals surface area contributed by atoms with E-state index >= 15 is 0 Å². The molecule has 112 valence electrons. The maximum atomic E-state index is 12.5. The molecule has 0 spiro atoms. The van der Waals surface area contributed by atoms with Crippen molar-refractivity contribution in [3.63, 3.8) is 0 Å². The van der Waals surface area contributed by atoms with Crippen molar-refractivity contribution in [2.45, 2.75) is 0 Å². The number of carbonyl (C=O) groups excluding carboxylic acids is 2. The van der Waals surface area contributed by atoms with Gasteiger partial charge in [-0.15, -0.1) is 0 Å². The number of nitro benzene ring substituents is 1. The molecule has 0 aliphatic carbocycles. The molecule has 0 saturated heterocycles. The quantitative estimate of drug-likeness (QED) is 0.479. The molecule has 1 heterocycles. The maximum Gasteiger partial charge on any atom is 0.270 e. The van der Waals surface area contributed by atoms with Crippen LogP contribution in [0, 0.1) is 21.4 Å². The van der Waals surface area contributed by atoms with Gasteiger partial charge in [-0.05, 0) is 24.3 Å². The Morgan fingerprint density at radius 3 is 2.43 bits per heavy atom. The number of carbonyl (C=O) groups is 2. The van der Waals surface area contributed by atoms with E-state index in [-0.39, 0.29) is 33.1 Å². The summed E-state index contributed by atoms with van der Waals surface area (Å²) in [7, 11) is 0. The van der Waals surface area contributed by atoms with Crippen LogP contribution in [-0.4, -0.2) is 16.7 Å². The highest BCUT2D eigenvalue weighted by molar-refractivity contribution is 6.36. The lowest BCUT2D eigenvalue weighted by Gasteiger charge is -2.15. The molecule has 0 atom stereocenters. The van der Waals surface area contributed by atoms with Crippen LogP contribution < -0.4 is 4.90 Å². The molecule has 0 saturated carbocycles. The predicted octanol–water partition coefficient (Wildman–Crippen LogP) is 2.92. The molecular formula is C15H6ClN3O4. The number of nitro groups is 1. The zero-order valence-corrected chi connectivity index (χ0v) is 12.1. The summed E-state index contributed by atoms with van der Waals surface area (Å²) in [5.74, 6) is -1.38. The Bertz CT molecular complexity index is 933. The second kappa shape index (κ2) is 5.19. The lowest BCUT2D eigenvalue weighted by Crippen LogP contribution is -2.30. The van der Waals surface area contributed by atoms with Crippen LogP contribution in [0.2, 0.25) is 5.02 Å². The number of hydrogen-bond donors (Lipinski definition) is 0. The lowest BCUT2D eigenvalue weighted by molar-refractivity contribution is -0.384. The summed E-state index contributed by atoms with van der Waals surface area (Å²) in [6.07, 6.45) is 0. The molecule has 7 nitrogen and oxygen atoms in total. The van der Waals surface area contributed by atoms with Crippen LogP contribution in [0.5, 0.6) is 0 Å². The average Bonchev–Trinajstić information content (AvgIpc) is 2.78. The van der Waals surface area contributed by atoms with Crippen molar-refractivity contribution in [2.75, 3.05) is 4.90 Å². The minimum absolute atomic E-state index is 0.0458. The second-order valence-corrected chi connectivity index (χ2v) is 5.14. The lowest BCUT2D eigenvalue weighted by atomic mass is 10.1. The van der Waals surface area contributed by atoms with E-state index in [1.807, 2.05) is 6.07 Å². The van der Waals surface area contributed by atoms with Crippen LogP contribution in [0.15, 0.2) is 36.4 Å². The summed E-state index contributed by atoms with van der Waals surface area (Å²) in [6, 6.07) is 9.49. The standard InChI is InChI=1S/C15H6ClN3O4/c16-9-2-1-8(7-17)13(5-9)18-14(20)11-4-3-10(19(22)23)6-12(11)15(18)21/h1-6H. The number of imide groups is 1. The molecule has 23 heavy (non-hydrogen) atoms. The normalized spacial score (nSPS) is 13.0. The van der Waals surface area contributed by atoms with Gasteiger partial charge in [0.15, 0.2) is 0 Å². The number of rotatable bonds is 2. The van der Waals surface area contributed by atoms with E-state index in [1.165, 1.54) is 24.3 Å². The van der Waals surface area contributed by atoms with Gasteiger partial charge in [0, 0.05) is 17.2 Å². The third kappa shape index (κ3) is 2.22. The highest BCUT2D eigenvalue weighted by atomic mass is 35.5. The van der Waals surface area contributed by atoms with Crippen LogP contribution in [0.3, 0.4) is 0 Å². The zero-order valence-electron chi connectivity index (χ0n) is 11.3. The molecule has 0 unspecified atom stereocenters. The summed E-state index contributed by atoms with van der Waals surface area (Å²) >= 11 is 5.88. The Labute approximate surface area is 134 Å². The molecule has 1 aliphatic rings. The van der Waals surface area contributed by atoms with E-state index in [0.29, 0.717) is 0 Å². The minimum atomic E-state index is -0.729. The van der Waals surface area contributed by atoms with E-state index in [4.69, 9.17) is 16.9 Å². The smallest absolute Gasteiger partial charge is 0.268 e. The van der Waals surface area contributed by atoms with E-state index in [0.717, 1.165) is 17.0 Å². The summed E-state index contributed by atoms with van der Waals surface area (Å²) in [5, 5.41) is 20.2. The molecule has 0 radical (unpaired) electrons. The number of benzene rings is 2. The van der Waals surface area contributed by atoms with Gasteiger partial charge < -0.3 is 0 Å². The first-order valence-corrected chi connectivity index (χ1v) is 6.68. The number of amides is 2. The molecule has 3 rings (SSSR count). The Kier molecular flexibility index (Phi) is 3.32. The molecular weight excluding hydrogens is 322 g/mol. The third-order valence-corrected chi connectivity index (χ3v) is 3.64.